The molecule has 380 valence electrons. The number of carbonyl (C=O) groups is 10. The Morgan fingerprint density at radius 3 is 1.52 bits per heavy atom. The number of phenolic OH excluding ortho intramolecular Hbond substituents is 2. The van der Waals surface area contributed by atoms with Crippen molar-refractivity contribution in [3.8, 4) is 11.5 Å². The minimum atomic E-state index is -1.82. The van der Waals surface area contributed by atoms with E-state index in [1.807, 2.05) is 6.92 Å². The molecule has 0 heterocycles. The van der Waals surface area contributed by atoms with Gasteiger partial charge in [-0.2, -0.15) is 0 Å². The second-order valence-electron chi connectivity index (χ2n) is 16.1. The SMILES string of the molecule is CC[C@H](C)[C@H](N)C(=O)N[C@@H](CO)C(=O)N[C@@H](Cc1ccc(O)cc1)C(=O)NCC(=O)NCC(=O)N[C@@H](C)C(=O)N[C@@H](CC(=O)O)C(=O)N[C@@H](Cc1ccc(O)cc1)C(=O)N[C@@H](CCCCN)C(=O)O. The summed E-state index contributed by atoms with van der Waals surface area (Å²) >= 11 is 0. The Morgan fingerprint density at radius 1 is 0.565 bits per heavy atom. The summed E-state index contributed by atoms with van der Waals surface area (Å²) < 4.78 is 0. The van der Waals surface area contributed by atoms with Crippen molar-refractivity contribution < 1.29 is 73.5 Å². The van der Waals surface area contributed by atoms with Gasteiger partial charge in [0.05, 0.1) is 32.2 Å². The molecule has 0 aliphatic heterocycles. The Kier molecular flexibility index (Phi) is 24.6. The van der Waals surface area contributed by atoms with E-state index in [9.17, 15) is 73.5 Å². The lowest BCUT2D eigenvalue weighted by Gasteiger charge is -2.25. The number of carboxylic acids is 2. The van der Waals surface area contributed by atoms with Crippen molar-refractivity contribution in [2.45, 2.75) is 108 Å². The molecule has 0 saturated carbocycles. The second kappa shape index (κ2) is 29.4. The fraction of sp³-hybridized carbons (Fsp3) is 0.500. The fourth-order valence-corrected chi connectivity index (χ4v) is 6.27. The highest BCUT2D eigenvalue weighted by atomic mass is 16.4. The topological polar surface area (TPSA) is 420 Å². The highest BCUT2D eigenvalue weighted by Crippen LogP contribution is 2.14. The fourth-order valence-electron chi connectivity index (χ4n) is 6.27. The number of unbranched alkanes of at least 4 members (excludes halogenated alkanes) is 1. The molecule has 0 radical (unpaired) electrons. The minimum Gasteiger partial charge on any atom is -0.508 e. The molecule has 8 atom stereocenters. The third-order valence-corrected chi connectivity index (χ3v) is 10.6. The van der Waals surface area contributed by atoms with E-state index in [1.165, 1.54) is 55.5 Å². The predicted octanol–water partition coefficient (Wildman–Crippen LogP) is -3.90. The van der Waals surface area contributed by atoms with Crippen LogP contribution < -0.4 is 54.0 Å². The molecule has 69 heavy (non-hydrogen) atoms. The summed E-state index contributed by atoms with van der Waals surface area (Å²) in [6.45, 7) is 2.68. The van der Waals surface area contributed by atoms with E-state index in [2.05, 4.69) is 42.5 Å². The zero-order valence-corrected chi connectivity index (χ0v) is 38.5. The van der Waals surface area contributed by atoms with Crippen LogP contribution in [0.3, 0.4) is 0 Å². The molecule has 0 aromatic heterocycles. The summed E-state index contributed by atoms with van der Waals surface area (Å²) in [7, 11) is 0. The van der Waals surface area contributed by atoms with Crippen molar-refractivity contribution in [2.75, 3.05) is 26.2 Å². The first-order valence-corrected chi connectivity index (χ1v) is 22.0. The van der Waals surface area contributed by atoms with Gasteiger partial charge in [-0.1, -0.05) is 44.5 Å². The molecule has 0 saturated heterocycles. The lowest BCUT2D eigenvalue weighted by atomic mass is 9.99. The van der Waals surface area contributed by atoms with E-state index < -0.39 is 128 Å². The highest BCUT2D eigenvalue weighted by Gasteiger charge is 2.33. The molecule has 2 aromatic rings. The molecule has 2 rings (SSSR count). The third kappa shape index (κ3) is 21.0. The summed E-state index contributed by atoms with van der Waals surface area (Å²) in [6, 6.07) is 1.07. The van der Waals surface area contributed by atoms with Gasteiger partial charge in [0.15, 0.2) is 0 Å². The maximum absolute atomic E-state index is 13.5. The van der Waals surface area contributed by atoms with Crippen molar-refractivity contribution in [3.05, 3.63) is 59.7 Å². The predicted molar refractivity (Wildman–Crippen MR) is 244 cm³/mol. The zero-order valence-electron chi connectivity index (χ0n) is 38.5. The Bertz CT molecular complexity index is 2090. The van der Waals surface area contributed by atoms with Gasteiger partial charge in [-0.15, -0.1) is 0 Å². The normalized spacial score (nSPS) is 14.3. The van der Waals surface area contributed by atoms with E-state index in [4.69, 9.17) is 11.5 Å². The smallest absolute Gasteiger partial charge is 0.326 e. The Balaban J connectivity index is 2.08. The average molecular weight is 973 g/mol. The summed E-state index contributed by atoms with van der Waals surface area (Å²) in [6.07, 6.45) is -0.0161. The number of carboxylic acid groups (broad SMARTS) is 2. The van der Waals surface area contributed by atoms with Crippen molar-refractivity contribution in [1.29, 1.82) is 0 Å². The van der Waals surface area contributed by atoms with Crippen molar-refractivity contribution in [3.63, 3.8) is 0 Å². The summed E-state index contributed by atoms with van der Waals surface area (Å²) in [5, 5.41) is 67.0. The first kappa shape index (κ1) is 57.7. The highest BCUT2D eigenvalue weighted by molar-refractivity contribution is 5.97. The van der Waals surface area contributed by atoms with Gasteiger partial charge in [0.25, 0.3) is 0 Å². The van der Waals surface area contributed by atoms with Gasteiger partial charge in [0.2, 0.25) is 47.3 Å². The number of phenols is 2. The maximum atomic E-state index is 13.5. The Morgan fingerprint density at radius 2 is 1.03 bits per heavy atom. The molecule has 0 bridgehead atoms. The number of aromatic hydroxyl groups is 2. The molecule has 0 unspecified atom stereocenters. The molecule has 0 aliphatic carbocycles. The number of carbonyl (C=O) groups excluding carboxylic acids is 8. The van der Waals surface area contributed by atoms with E-state index >= 15 is 0 Å². The molecule has 0 spiro atoms. The first-order valence-electron chi connectivity index (χ1n) is 22.0. The van der Waals surface area contributed by atoms with Gasteiger partial charge in [0, 0.05) is 12.8 Å². The second-order valence-corrected chi connectivity index (χ2v) is 16.1. The molecule has 17 N–H and O–H groups in total. The van der Waals surface area contributed by atoms with Crippen molar-refractivity contribution in [1.82, 2.24) is 42.5 Å². The number of hydrogen-bond donors (Lipinski definition) is 15. The van der Waals surface area contributed by atoms with Crippen LogP contribution in [0.25, 0.3) is 0 Å². The monoisotopic (exact) mass is 972 g/mol. The molecule has 25 nitrogen and oxygen atoms in total. The number of benzene rings is 2. The standard InChI is InChI=1S/C44H64N10O15/c1-4-23(2)37(46)43(67)54-33(22-55)42(66)52-30(17-25-8-12-27(56)13-9-25)39(63)48-20-34(58)47-21-35(59)49-24(3)38(62)51-32(19-36(60)61)41(65)53-31(18-26-10-14-28(57)15-11-26)40(64)50-29(44(68)69)7-5-6-16-45/h8-15,23-24,29-33,37,55-57H,4-7,16-22,45-46H2,1-3H3,(H,47,58)(H,48,63)(H,49,59)(H,50,64)(H,51,62)(H,52,66)(H,53,65)(H,54,67)(H,60,61)(H,68,69)/t23-,24-,29-,30-,31-,32-,33-,37-/m0/s1. The van der Waals surface area contributed by atoms with Gasteiger partial charge in [0.1, 0.15) is 47.8 Å². The number of aliphatic hydroxyl groups excluding tert-OH is 1. The van der Waals surface area contributed by atoms with Gasteiger partial charge >= 0.3 is 11.9 Å². The largest absolute Gasteiger partial charge is 0.508 e. The van der Waals surface area contributed by atoms with Crippen LogP contribution in [0.15, 0.2) is 48.5 Å². The number of nitrogens with one attached hydrogen (secondary N) is 8. The lowest BCUT2D eigenvalue weighted by Crippen LogP contribution is -2.58. The molecule has 0 fully saturated rings. The number of aliphatic hydroxyl groups is 1. The first-order chi connectivity index (χ1) is 32.6. The van der Waals surface area contributed by atoms with Crippen LogP contribution in [0.2, 0.25) is 0 Å². The Hall–Kier alpha value is -7.38. The number of amides is 8. The average Bonchev–Trinajstić information content (AvgIpc) is 3.31. The molecule has 8 amide bonds. The van der Waals surface area contributed by atoms with Crippen LogP contribution in [0.1, 0.15) is 64.0 Å². The summed E-state index contributed by atoms with van der Waals surface area (Å²) in [5.74, 6) is -10.9. The Labute approximate surface area is 397 Å². The summed E-state index contributed by atoms with van der Waals surface area (Å²) in [4.78, 5) is 128. The zero-order chi connectivity index (χ0) is 51.8. The van der Waals surface area contributed by atoms with E-state index in [-0.39, 0.29) is 43.2 Å². The molecular formula is C44H64N10O15. The van der Waals surface area contributed by atoms with Crippen LogP contribution in [0.5, 0.6) is 11.5 Å². The van der Waals surface area contributed by atoms with E-state index in [1.54, 1.807) is 6.92 Å². The number of aliphatic carboxylic acids is 2. The van der Waals surface area contributed by atoms with E-state index in [0.717, 1.165) is 0 Å². The lowest BCUT2D eigenvalue weighted by molar-refractivity contribution is -0.143. The van der Waals surface area contributed by atoms with Crippen LogP contribution in [-0.2, 0) is 60.8 Å². The minimum absolute atomic E-state index is 0.0106. The van der Waals surface area contributed by atoms with Crippen LogP contribution in [-0.4, -0.2) is 153 Å². The number of nitrogens with two attached hydrogens (primary N) is 2. The summed E-state index contributed by atoms with van der Waals surface area (Å²) in [5.41, 5.74) is 12.3. The number of hydrogen-bond acceptors (Lipinski definition) is 15. The van der Waals surface area contributed by atoms with Crippen molar-refractivity contribution in [2.24, 2.45) is 17.4 Å². The molecular weight excluding hydrogens is 909 g/mol. The van der Waals surface area contributed by atoms with Gasteiger partial charge in [-0.05, 0) is 74.0 Å². The van der Waals surface area contributed by atoms with Gasteiger partial charge in [-0.3, -0.25) is 43.2 Å². The van der Waals surface area contributed by atoms with Crippen LogP contribution in [0.4, 0.5) is 0 Å². The van der Waals surface area contributed by atoms with Crippen LogP contribution in [0, 0.1) is 5.92 Å². The van der Waals surface area contributed by atoms with E-state index in [0.29, 0.717) is 30.4 Å². The maximum Gasteiger partial charge on any atom is 0.326 e. The van der Waals surface area contributed by atoms with Crippen molar-refractivity contribution >= 4 is 59.2 Å². The molecule has 0 aliphatic rings. The quantitative estimate of drug-likeness (QED) is 0.0333. The molecule has 25 heteroatoms. The third-order valence-electron chi connectivity index (χ3n) is 10.6. The van der Waals surface area contributed by atoms with Crippen LogP contribution >= 0.6 is 0 Å². The van der Waals surface area contributed by atoms with Gasteiger partial charge in [-0.25, -0.2) is 4.79 Å². The number of rotatable bonds is 30. The molecule has 2 aromatic carbocycles. The van der Waals surface area contributed by atoms with Gasteiger partial charge < -0.3 is 79.5 Å².